The number of ketones is 1. The molecule has 0 radical (unpaired) electrons. The third-order valence-corrected chi connectivity index (χ3v) is 3.59. The summed E-state index contributed by atoms with van der Waals surface area (Å²) in [5.74, 6) is -0.260. The fourth-order valence-corrected chi connectivity index (χ4v) is 2.35. The van der Waals surface area contributed by atoms with Gasteiger partial charge in [-0.15, -0.1) is 0 Å². The maximum Gasteiger partial charge on any atom is 0.243 e. The standard InChI is InChI=1S/C17H20N2O3/c20-16(9-3-1-2-4-10-17(21)19-22)14-11-13-7-5-6-8-15(13)18-12-14/h5-8,11-12,22H,1-4,9-10H2,(H,19,21). The number of aromatic nitrogens is 1. The lowest BCUT2D eigenvalue weighted by molar-refractivity contribution is -0.129. The van der Waals surface area contributed by atoms with Crippen LogP contribution in [0.5, 0.6) is 0 Å². The van der Waals surface area contributed by atoms with Crippen molar-refractivity contribution in [2.75, 3.05) is 0 Å². The summed E-state index contributed by atoms with van der Waals surface area (Å²) in [7, 11) is 0. The second kappa shape index (κ2) is 8.24. The lowest BCUT2D eigenvalue weighted by atomic mass is 10.0. The monoisotopic (exact) mass is 300 g/mol. The maximum atomic E-state index is 12.1. The number of pyridine rings is 1. The number of nitrogens with zero attached hydrogens (tertiary/aromatic N) is 1. The molecule has 0 bridgehead atoms. The Hall–Kier alpha value is -2.27. The molecule has 5 heteroatoms. The van der Waals surface area contributed by atoms with Crippen LogP contribution in [0.2, 0.25) is 0 Å². The number of para-hydroxylation sites is 1. The number of amides is 1. The zero-order valence-electron chi connectivity index (χ0n) is 12.4. The molecule has 1 heterocycles. The van der Waals surface area contributed by atoms with Crippen LogP contribution in [0, 0.1) is 0 Å². The lowest BCUT2D eigenvalue weighted by Crippen LogP contribution is -2.17. The molecule has 2 rings (SSSR count). The van der Waals surface area contributed by atoms with E-state index in [2.05, 4.69) is 4.98 Å². The minimum atomic E-state index is -0.363. The van der Waals surface area contributed by atoms with Gasteiger partial charge in [0.25, 0.3) is 0 Å². The number of carbonyl (C=O) groups is 2. The van der Waals surface area contributed by atoms with Gasteiger partial charge in [0.05, 0.1) is 5.52 Å². The molecule has 22 heavy (non-hydrogen) atoms. The van der Waals surface area contributed by atoms with Crippen LogP contribution in [0.4, 0.5) is 0 Å². The Morgan fingerprint density at radius 3 is 2.55 bits per heavy atom. The van der Waals surface area contributed by atoms with Gasteiger partial charge in [-0.25, -0.2) is 5.48 Å². The van der Waals surface area contributed by atoms with Crippen molar-refractivity contribution in [2.24, 2.45) is 0 Å². The van der Waals surface area contributed by atoms with Gasteiger partial charge in [-0.1, -0.05) is 31.0 Å². The van der Waals surface area contributed by atoms with Crippen molar-refractivity contribution in [3.63, 3.8) is 0 Å². The molecule has 2 aromatic rings. The molecule has 0 aliphatic rings. The number of nitrogens with one attached hydrogen (secondary N) is 1. The van der Waals surface area contributed by atoms with Crippen LogP contribution in [-0.2, 0) is 4.79 Å². The summed E-state index contributed by atoms with van der Waals surface area (Å²) >= 11 is 0. The normalized spacial score (nSPS) is 10.6. The van der Waals surface area contributed by atoms with Gasteiger partial charge >= 0.3 is 0 Å². The zero-order chi connectivity index (χ0) is 15.8. The first-order chi connectivity index (χ1) is 10.7. The van der Waals surface area contributed by atoms with Crippen molar-refractivity contribution in [3.8, 4) is 0 Å². The van der Waals surface area contributed by atoms with Crippen LogP contribution >= 0.6 is 0 Å². The molecule has 0 aliphatic carbocycles. The molecule has 0 unspecified atom stereocenters. The fourth-order valence-electron chi connectivity index (χ4n) is 2.35. The van der Waals surface area contributed by atoms with Gasteiger partial charge in [0.2, 0.25) is 5.91 Å². The van der Waals surface area contributed by atoms with E-state index >= 15 is 0 Å². The van der Waals surface area contributed by atoms with Gasteiger partial charge in [-0.05, 0) is 25.0 Å². The van der Waals surface area contributed by atoms with E-state index in [4.69, 9.17) is 5.21 Å². The minimum Gasteiger partial charge on any atom is -0.294 e. The van der Waals surface area contributed by atoms with Gasteiger partial charge < -0.3 is 0 Å². The van der Waals surface area contributed by atoms with E-state index < -0.39 is 0 Å². The van der Waals surface area contributed by atoms with E-state index in [-0.39, 0.29) is 11.7 Å². The largest absolute Gasteiger partial charge is 0.294 e. The van der Waals surface area contributed by atoms with E-state index in [1.54, 1.807) is 11.7 Å². The molecule has 5 nitrogen and oxygen atoms in total. The molecule has 1 aromatic heterocycles. The van der Waals surface area contributed by atoms with Gasteiger partial charge in [0, 0.05) is 30.0 Å². The molecule has 0 fully saturated rings. The number of benzene rings is 1. The van der Waals surface area contributed by atoms with Crippen LogP contribution in [0.15, 0.2) is 36.5 Å². The number of carbonyl (C=O) groups excluding carboxylic acids is 2. The highest BCUT2D eigenvalue weighted by molar-refractivity contribution is 5.98. The van der Waals surface area contributed by atoms with E-state index in [1.165, 1.54) is 0 Å². The van der Waals surface area contributed by atoms with E-state index in [1.807, 2.05) is 30.3 Å². The van der Waals surface area contributed by atoms with Crippen molar-refractivity contribution < 1.29 is 14.8 Å². The molecule has 0 spiro atoms. The first-order valence-electron chi connectivity index (χ1n) is 7.51. The van der Waals surface area contributed by atoms with E-state index in [0.29, 0.717) is 18.4 Å². The molecular weight excluding hydrogens is 280 g/mol. The van der Waals surface area contributed by atoms with E-state index in [9.17, 15) is 9.59 Å². The number of hydrogen-bond acceptors (Lipinski definition) is 4. The summed E-state index contributed by atoms with van der Waals surface area (Å²) in [6.07, 6.45) is 5.73. The van der Waals surface area contributed by atoms with Crippen LogP contribution in [0.25, 0.3) is 10.9 Å². The van der Waals surface area contributed by atoms with Crippen molar-refractivity contribution in [1.29, 1.82) is 0 Å². The van der Waals surface area contributed by atoms with Crippen LogP contribution in [-0.4, -0.2) is 21.9 Å². The minimum absolute atomic E-state index is 0.103. The molecule has 0 atom stereocenters. The third-order valence-electron chi connectivity index (χ3n) is 3.59. The SMILES string of the molecule is O=C(CCCCCCC(=O)c1cnc2ccccc2c1)NO. The van der Waals surface area contributed by atoms with Crippen LogP contribution in [0.3, 0.4) is 0 Å². The van der Waals surface area contributed by atoms with Crippen molar-refractivity contribution in [3.05, 3.63) is 42.1 Å². The average molecular weight is 300 g/mol. The predicted molar refractivity (Wildman–Crippen MR) is 83.7 cm³/mol. The Morgan fingerprint density at radius 2 is 1.77 bits per heavy atom. The smallest absolute Gasteiger partial charge is 0.243 e. The first kappa shape index (κ1) is 16.1. The first-order valence-corrected chi connectivity index (χ1v) is 7.51. The second-order valence-corrected chi connectivity index (χ2v) is 5.29. The summed E-state index contributed by atoms with van der Waals surface area (Å²) in [6.45, 7) is 0. The molecule has 1 aromatic carbocycles. The average Bonchev–Trinajstić information content (AvgIpc) is 2.56. The Kier molecular flexibility index (Phi) is 6.03. The summed E-state index contributed by atoms with van der Waals surface area (Å²) in [4.78, 5) is 27.3. The highest BCUT2D eigenvalue weighted by Crippen LogP contribution is 2.15. The molecule has 116 valence electrons. The molecule has 0 saturated carbocycles. The number of Topliss-reactive ketones (excluding diaryl/α,β-unsaturated/α-hetero) is 1. The Labute approximate surface area is 129 Å². The number of hydroxylamine groups is 1. The second-order valence-electron chi connectivity index (χ2n) is 5.29. The van der Waals surface area contributed by atoms with Crippen molar-refractivity contribution in [2.45, 2.75) is 38.5 Å². The molecule has 0 aliphatic heterocycles. The van der Waals surface area contributed by atoms with Gasteiger partial charge in [0.1, 0.15) is 0 Å². The molecule has 2 N–H and O–H groups in total. The maximum absolute atomic E-state index is 12.1. The summed E-state index contributed by atoms with van der Waals surface area (Å²) in [6, 6.07) is 9.61. The number of unbranched alkanes of at least 4 members (excludes halogenated alkanes) is 3. The van der Waals surface area contributed by atoms with E-state index in [0.717, 1.165) is 36.6 Å². The number of rotatable bonds is 8. The Morgan fingerprint density at radius 1 is 1.05 bits per heavy atom. The lowest BCUT2D eigenvalue weighted by Gasteiger charge is -2.03. The third kappa shape index (κ3) is 4.63. The predicted octanol–water partition coefficient (Wildman–Crippen LogP) is 3.26. The molecular formula is C17H20N2O3. The van der Waals surface area contributed by atoms with Gasteiger partial charge in [0.15, 0.2) is 5.78 Å². The van der Waals surface area contributed by atoms with Gasteiger partial charge in [-0.2, -0.15) is 0 Å². The highest BCUT2D eigenvalue weighted by Gasteiger charge is 2.07. The highest BCUT2D eigenvalue weighted by atomic mass is 16.5. The zero-order valence-corrected chi connectivity index (χ0v) is 12.4. The Bertz CT molecular complexity index is 655. The number of hydrogen-bond donors (Lipinski definition) is 2. The Balaban J connectivity index is 1.75. The number of fused-ring (bicyclic) bond motifs is 1. The quantitative estimate of drug-likeness (QED) is 0.339. The molecule has 0 saturated heterocycles. The van der Waals surface area contributed by atoms with Crippen LogP contribution < -0.4 is 5.48 Å². The van der Waals surface area contributed by atoms with Crippen LogP contribution in [0.1, 0.15) is 48.9 Å². The topological polar surface area (TPSA) is 79.3 Å². The molecule has 1 amide bonds. The van der Waals surface area contributed by atoms with Crippen molar-refractivity contribution >= 4 is 22.6 Å². The summed E-state index contributed by atoms with van der Waals surface area (Å²) in [5.41, 5.74) is 3.15. The summed E-state index contributed by atoms with van der Waals surface area (Å²) < 4.78 is 0. The summed E-state index contributed by atoms with van der Waals surface area (Å²) in [5, 5.41) is 9.34. The fraction of sp³-hybridized carbons (Fsp3) is 0.353. The van der Waals surface area contributed by atoms with Gasteiger partial charge in [-0.3, -0.25) is 19.8 Å². The van der Waals surface area contributed by atoms with Crippen molar-refractivity contribution in [1.82, 2.24) is 10.5 Å².